The van der Waals surface area contributed by atoms with Gasteiger partial charge in [-0.15, -0.1) is 0 Å². The van der Waals surface area contributed by atoms with Crippen LogP contribution in [0, 0.1) is 0 Å². The van der Waals surface area contributed by atoms with Gasteiger partial charge >= 0.3 is 0 Å². The van der Waals surface area contributed by atoms with Crippen LogP contribution in [-0.4, -0.2) is 23.7 Å². The molecule has 5 nitrogen and oxygen atoms in total. The summed E-state index contributed by atoms with van der Waals surface area (Å²) < 4.78 is 10.3. The molecule has 2 heterocycles. The van der Waals surface area contributed by atoms with E-state index in [-0.39, 0.29) is 0 Å². The van der Waals surface area contributed by atoms with E-state index in [4.69, 9.17) is 8.94 Å². The summed E-state index contributed by atoms with van der Waals surface area (Å²) in [6.07, 6.45) is 4.04. The molecule has 0 aromatic carbocycles. The van der Waals surface area contributed by atoms with Gasteiger partial charge in [-0.1, -0.05) is 5.16 Å². The summed E-state index contributed by atoms with van der Waals surface area (Å²) in [6.45, 7) is 0.954. The molecule has 0 radical (unpaired) electrons. The van der Waals surface area contributed by atoms with Gasteiger partial charge in [0.2, 0.25) is 5.89 Å². The fourth-order valence-electron chi connectivity index (χ4n) is 1.45. The van der Waals surface area contributed by atoms with Gasteiger partial charge in [0.15, 0.2) is 5.82 Å². The minimum Gasteiger partial charge on any atom is -0.469 e. The number of aryl methyl sites for hydroxylation is 1. The highest BCUT2D eigenvalue weighted by molar-refractivity contribution is 5.05. The zero-order valence-electron chi connectivity index (χ0n) is 9.27. The molecule has 2 aromatic heterocycles. The molecule has 2 rings (SSSR count). The van der Waals surface area contributed by atoms with Crippen molar-refractivity contribution in [3.8, 4) is 0 Å². The van der Waals surface area contributed by atoms with Crippen molar-refractivity contribution in [2.45, 2.75) is 19.3 Å². The Morgan fingerprint density at radius 1 is 1.44 bits per heavy atom. The molecule has 0 aliphatic rings. The number of aromatic nitrogens is 2. The van der Waals surface area contributed by atoms with Crippen LogP contribution >= 0.6 is 0 Å². The maximum absolute atomic E-state index is 5.21. The predicted octanol–water partition coefficient (Wildman–Crippen LogP) is 1.41. The van der Waals surface area contributed by atoms with Crippen LogP contribution in [0.25, 0.3) is 0 Å². The van der Waals surface area contributed by atoms with Crippen LogP contribution in [-0.2, 0) is 12.8 Å². The Balaban J connectivity index is 1.87. The molecule has 0 amide bonds. The Hall–Kier alpha value is -1.62. The Labute approximate surface area is 93.8 Å². The zero-order valence-corrected chi connectivity index (χ0v) is 9.27. The number of hydrogen-bond acceptors (Lipinski definition) is 5. The van der Waals surface area contributed by atoms with Crippen molar-refractivity contribution in [3.63, 3.8) is 0 Å². The van der Waals surface area contributed by atoms with E-state index >= 15 is 0 Å². The summed E-state index contributed by atoms with van der Waals surface area (Å²) in [6, 6.07) is 3.75. The average molecular weight is 221 g/mol. The lowest BCUT2D eigenvalue weighted by molar-refractivity contribution is 0.369. The Bertz CT molecular complexity index is 409. The van der Waals surface area contributed by atoms with Gasteiger partial charge in [0.25, 0.3) is 0 Å². The Morgan fingerprint density at radius 2 is 2.38 bits per heavy atom. The van der Waals surface area contributed by atoms with E-state index in [1.807, 2.05) is 19.2 Å². The van der Waals surface area contributed by atoms with Gasteiger partial charge in [-0.3, -0.25) is 0 Å². The smallest absolute Gasteiger partial charge is 0.226 e. The van der Waals surface area contributed by atoms with Gasteiger partial charge in [0.05, 0.1) is 12.7 Å². The highest BCUT2D eigenvalue weighted by Gasteiger charge is 2.07. The molecule has 0 atom stereocenters. The first-order chi connectivity index (χ1) is 7.88. The fraction of sp³-hybridized carbons (Fsp3) is 0.455. The van der Waals surface area contributed by atoms with Crippen LogP contribution < -0.4 is 5.32 Å². The highest BCUT2D eigenvalue weighted by atomic mass is 16.5. The molecule has 5 heteroatoms. The zero-order chi connectivity index (χ0) is 11.2. The molecule has 0 spiro atoms. The van der Waals surface area contributed by atoms with Crippen molar-refractivity contribution >= 4 is 0 Å². The van der Waals surface area contributed by atoms with E-state index in [0.29, 0.717) is 18.1 Å². The van der Waals surface area contributed by atoms with Gasteiger partial charge < -0.3 is 14.3 Å². The summed E-state index contributed by atoms with van der Waals surface area (Å²) in [5.74, 6) is 2.22. The second-order valence-corrected chi connectivity index (χ2v) is 3.57. The van der Waals surface area contributed by atoms with Gasteiger partial charge in [0.1, 0.15) is 5.76 Å². The molecule has 1 N–H and O–H groups in total. The van der Waals surface area contributed by atoms with E-state index < -0.39 is 0 Å². The third-order valence-corrected chi connectivity index (χ3v) is 2.24. The molecule has 0 aliphatic heterocycles. The topological polar surface area (TPSA) is 64.1 Å². The van der Waals surface area contributed by atoms with Gasteiger partial charge in [-0.2, -0.15) is 4.98 Å². The highest BCUT2D eigenvalue weighted by Crippen LogP contribution is 2.08. The Kier molecular flexibility index (Phi) is 3.71. The second-order valence-electron chi connectivity index (χ2n) is 3.57. The van der Waals surface area contributed by atoms with E-state index in [0.717, 1.165) is 25.1 Å². The lowest BCUT2D eigenvalue weighted by Gasteiger charge is -1.93. The van der Waals surface area contributed by atoms with Crippen LogP contribution in [0.2, 0.25) is 0 Å². The standard InChI is InChI=1S/C11H15N3O2/c1-12-6-2-5-11-13-10(14-16-11)8-9-4-3-7-15-9/h3-4,7,12H,2,5-6,8H2,1H3. The minimum atomic E-state index is 0.586. The lowest BCUT2D eigenvalue weighted by atomic mass is 10.3. The number of nitrogens with zero attached hydrogens (tertiary/aromatic N) is 2. The largest absolute Gasteiger partial charge is 0.469 e. The maximum Gasteiger partial charge on any atom is 0.226 e. The first-order valence-electron chi connectivity index (χ1n) is 5.37. The first kappa shape index (κ1) is 10.9. The minimum absolute atomic E-state index is 0.586. The Morgan fingerprint density at radius 3 is 3.12 bits per heavy atom. The van der Waals surface area contributed by atoms with Crippen molar-refractivity contribution in [1.29, 1.82) is 0 Å². The molecule has 0 saturated carbocycles. The average Bonchev–Trinajstić information content (AvgIpc) is 2.91. The summed E-state index contributed by atoms with van der Waals surface area (Å²) in [4.78, 5) is 4.29. The van der Waals surface area contributed by atoms with Crippen LogP contribution in [0.5, 0.6) is 0 Å². The normalized spacial score (nSPS) is 10.8. The number of hydrogen-bond donors (Lipinski definition) is 1. The fourth-order valence-corrected chi connectivity index (χ4v) is 1.45. The SMILES string of the molecule is CNCCCc1nc(Cc2ccco2)no1. The van der Waals surface area contributed by atoms with Gasteiger partial charge in [-0.05, 0) is 32.1 Å². The van der Waals surface area contributed by atoms with E-state index in [2.05, 4.69) is 15.5 Å². The molecule has 0 fully saturated rings. The van der Waals surface area contributed by atoms with Crippen molar-refractivity contribution in [1.82, 2.24) is 15.5 Å². The monoisotopic (exact) mass is 221 g/mol. The lowest BCUT2D eigenvalue weighted by Crippen LogP contribution is -2.08. The molecular weight excluding hydrogens is 206 g/mol. The van der Waals surface area contributed by atoms with Crippen molar-refractivity contribution in [2.75, 3.05) is 13.6 Å². The van der Waals surface area contributed by atoms with Crippen molar-refractivity contribution < 1.29 is 8.94 Å². The molecule has 2 aromatic rings. The summed E-state index contributed by atoms with van der Waals surface area (Å²) >= 11 is 0. The third kappa shape index (κ3) is 2.93. The third-order valence-electron chi connectivity index (χ3n) is 2.24. The first-order valence-corrected chi connectivity index (χ1v) is 5.37. The van der Waals surface area contributed by atoms with Gasteiger partial charge in [-0.25, -0.2) is 0 Å². The van der Waals surface area contributed by atoms with Crippen molar-refractivity contribution in [2.24, 2.45) is 0 Å². The van der Waals surface area contributed by atoms with Crippen LogP contribution in [0.1, 0.15) is 23.9 Å². The van der Waals surface area contributed by atoms with Crippen molar-refractivity contribution in [3.05, 3.63) is 35.9 Å². The van der Waals surface area contributed by atoms with Gasteiger partial charge in [0, 0.05) is 6.42 Å². The number of rotatable bonds is 6. The van der Waals surface area contributed by atoms with E-state index in [9.17, 15) is 0 Å². The summed E-state index contributed by atoms with van der Waals surface area (Å²) in [7, 11) is 1.93. The van der Waals surface area contributed by atoms with Crippen LogP contribution in [0.4, 0.5) is 0 Å². The van der Waals surface area contributed by atoms with E-state index in [1.165, 1.54) is 0 Å². The maximum atomic E-state index is 5.21. The van der Waals surface area contributed by atoms with Crippen LogP contribution in [0.3, 0.4) is 0 Å². The molecule has 0 bridgehead atoms. The molecule has 0 aliphatic carbocycles. The van der Waals surface area contributed by atoms with Crippen LogP contribution in [0.15, 0.2) is 27.3 Å². The number of furan rings is 1. The molecule has 0 unspecified atom stereocenters. The molecule has 86 valence electrons. The molecular formula is C11H15N3O2. The summed E-state index contributed by atoms with van der Waals surface area (Å²) in [5.41, 5.74) is 0. The molecule has 16 heavy (non-hydrogen) atoms. The molecule has 0 saturated heterocycles. The quantitative estimate of drug-likeness (QED) is 0.747. The second kappa shape index (κ2) is 5.46. The predicted molar refractivity (Wildman–Crippen MR) is 58.1 cm³/mol. The van der Waals surface area contributed by atoms with E-state index in [1.54, 1.807) is 6.26 Å². The summed E-state index contributed by atoms with van der Waals surface area (Å²) in [5, 5.41) is 6.98. The number of nitrogens with one attached hydrogen (secondary N) is 1.